The van der Waals surface area contributed by atoms with Crippen LogP contribution in [0.4, 0.5) is 5.69 Å². The van der Waals surface area contributed by atoms with Gasteiger partial charge in [-0.15, -0.1) is 0 Å². The summed E-state index contributed by atoms with van der Waals surface area (Å²) in [5.74, 6) is -0.416. The van der Waals surface area contributed by atoms with Crippen LogP contribution in [-0.4, -0.2) is 36.5 Å². The number of amides is 1. The van der Waals surface area contributed by atoms with E-state index in [1.165, 1.54) is 12.7 Å². The van der Waals surface area contributed by atoms with Gasteiger partial charge in [-0.25, -0.2) is 4.79 Å². The Morgan fingerprint density at radius 1 is 1.19 bits per heavy atom. The average molecular weight is 366 g/mol. The first-order valence-electron chi connectivity index (χ1n) is 9.28. The second kappa shape index (κ2) is 8.35. The molecule has 1 amide bonds. The summed E-state index contributed by atoms with van der Waals surface area (Å²) in [6.07, 6.45) is 1.85. The first-order chi connectivity index (χ1) is 13.0. The van der Waals surface area contributed by atoms with Crippen LogP contribution in [0, 0.1) is 13.8 Å². The molecule has 0 aromatic heterocycles. The van der Waals surface area contributed by atoms with Gasteiger partial charge in [0.25, 0.3) is 0 Å². The maximum atomic E-state index is 12.9. The number of hydrogen-bond donors (Lipinski definition) is 1. The van der Waals surface area contributed by atoms with Crippen molar-refractivity contribution >= 4 is 17.6 Å². The van der Waals surface area contributed by atoms with Gasteiger partial charge in [0.05, 0.1) is 18.7 Å². The molecule has 0 aliphatic carbocycles. The molecule has 0 saturated carbocycles. The number of methoxy groups -OCH3 is 1. The van der Waals surface area contributed by atoms with E-state index in [2.05, 4.69) is 22.3 Å². The van der Waals surface area contributed by atoms with Crippen LogP contribution in [0.1, 0.15) is 39.9 Å². The Labute approximate surface area is 160 Å². The van der Waals surface area contributed by atoms with Gasteiger partial charge in [-0.1, -0.05) is 30.3 Å². The van der Waals surface area contributed by atoms with Crippen molar-refractivity contribution in [2.45, 2.75) is 39.3 Å². The molecule has 0 radical (unpaired) electrons. The van der Waals surface area contributed by atoms with E-state index in [-0.39, 0.29) is 11.9 Å². The van der Waals surface area contributed by atoms with Gasteiger partial charge in [0.15, 0.2) is 0 Å². The molecule has 27 heavy (non-hydrogen) atoms. The van der Waals surface area contributed by atoms with Gasteiger partial charge in [0, 0.05) is 12.2 Å². The Balaban J connectivity index is 1.74. The van der Waals surface area contributed by atoms with Gasteiger partial charge in [-0.3, -0.25) is 9.69 Å². The van der Waals surface area contributed by atoms with Crippen molar-refractivity contribution in [2.24, 2.45) is 0 Å². The number of ether oxygens (including phenoxy) is 1. The van der Waals surface area contributed by atoms with Crippen LogP contribution in [0.5, 0.6) is 0 Å². The van der Waals surface area contributed by atoms with Crippen molar-refractivity contribution in [1.29, 1.82) is 0 Å². The Morgan fingerprint density at radius 3 is 2.63 bits per heavy atom. The molecular formula is C22H26N2O3. The highest BCUT2D eigenvalue weighted by molar-refractivity contribution is 5.98. The Morgan fingerprint density at radius 2 is 1.93 bits per heavy atom. The number of hydrogen-bond acceptors (Lipinski definition) is 4. The van der Waals surface area contributed by atoms with Gasteiger partial charge in [-0.2, -0.15) is 0 Å². The Bertz CT molecular complexity index is 833. The molecule has 1 unspecified atom stereocenters. The molecule has 5 nitrogen and oxygen atoms in total. The molecule has 1 aliphatic rings. The third kappa shape index (κ3) is 4.37. The molecule has 5 heteroatoms. The van der Waals surface area contributed by atoms with Crippen LogP contribution in [0.3, 0.4) is 0 Å². The highest BCUT2D eigenvalue weighted by Crippen LogP contribution is 2.24. The Hall–Kier alpha value is -2.66. The van der Waals surface area contributed by atoms with Gasteiger partial charge in [0.2, 0.25) is 5.91 Å². The zero-order valence-corrected chi connectivity index (χ0v) is 16.1. The summed E-state index contributed by atoms with van der Waals surface area (Å²) in [5.41, 5.74) is 4.14. The summed E-state index contributed by atoms with van der Waals surface area (Å²) in [6, 6.07) is 13.6. The predicted octanol–water partition coefficient (Wildman–Crippen LogP) is 3.69. The second-order valence-corrected chi connectivity index (χ2v) is 7.06. The van der Waals surface area contributed by atoms with E-state index < -0.39 is 5.97 Å². The normalized spacial score (nSPS) is 16.9. The molecule has 3 rings (SSSR count). The van der Waals surface area contributed by atoms with Gasteiger partial charge in [0.1, 0.15) is 0 Å². The van der Waals surface area contributed by atoms with Gasteiger partial charge < -0.3 is 10.1 Å². The number of aryl methyl sites for hydroxylation is 1. The van der Waals surface area contributed by atoms with Crippen molar-refractivity contribution < 1.29 is 14.3 Å². The molecular weight excluding hydrogens is 340 g/mol. The number of anilines is 1. The molecule has 1 saturated heterocycles. The summed E-state index contributed by atoms with van der Waals surface area (Å²) < 4.78 is 4.86. The van der Waals surface area contributed by atoms with E-state index in [4.69, 9.17) is 4.74 Å². The topological polar surface area (TPSA) is 58.6 Å². The van der Waals surface area contributed by atoms with Crippen LogP contribution in [-0.2, 0) is 16.1 Å². The molecule has 1 heterocycles. The van der Waals surface area contributed by atoms with E-state index in [0.29, 0.717) is 11.3 Å². The standard InChI is InChI=1S/C22H26N2O3/c1-15-12-18(13-19(16(15)2)22(26)27-3)23-21(25)20-10-7-11-24(20)14-17-8-5-4-6-9-17/h4-6,8-9,12-13,20H,7,10-11,14H2,1-3H3,(H,23,25). The van der Waals surface area contributed by atoms with E-state index in [9.17, 15) is 9.59 Å². The lowest BCUT2D eigenvalue weighted by molar-refractivity contribution is -0.120. The highest BCUT2D eigenvalue weighted by Gasteiger charge is 2.30. The monoisotopic (exact) mass is 366 g/mol. The van der Waals surface area contributed by atoms with Crippen molar-refractivity contribution in [3.63, 3.8) is 0 Å². The fourth-order valence-corrected chi connectivity index (χ4v) is 3.61. The van der Waals surface area contributed by atoms with Crippen LogP contribution in [0.15, 0.2) is 42.5 Å². The molecule has 1 fully saturated rings. The zero-order valence-electron chi connectivity index (χ0n) is 16.1. The zero-order chi connectivity index (χ0) is 19.4. The van der Waals surface area contributed by atoms with E-state index in [1.807, 2.05) is 38.1 Å². The number of nitrogens with one attached hydrogen (secondary N) is 1. The van der Waals surface area contributed by atoms with Gasteiger partial charge in [-0.05, 0) is 62.1 Å². The second-order valence-electron chi connectivity index (χ2n) is 7.06. The number of carbonyl (C=O) groups is 2. The fraction of sp³-hybridized carbons (Fsp3) is 0.364. The third-order valence-corrected chi connectivity index (χ3v) is 5.24. The fourth-order valence-electron chi connectivity index (χ4n) is 3.61. The van der Waals surface area contributed by atoms with Crippen molar-refractivity contribution in [1.82, 2.24) is 4.90 Å². The third-order valence-electron chi connectivity index (χ3n) is 5.24. The first-order valence-corrected chi connectivity index (χ1v) is 9.28. The highest BCUT2D eigenvalue weighted by atomic mass is 16.5. The number of benzene rings is 2. The summed E-state index contributed by atoms with van der Waals surface area (Å²) in [5, 5.41) is 3.00. The number of esters is 1. The van der Waals surface area contributed by atoms with Crippen molar-refractivity contribution in [3.05, 3.63) is 64.7 Å². The minimum atomic E-state index is -0.390. The molecule has 1 atom stereocenters. The Kier molecular flexibility index (Phi) is 5.91. The maximum absolute atomic E-state index is 12.9. The van der Waals surface area contributed by atoms with E-state index in [0.717, 1.165) is 37.1 Å². The van der Waals surface area contributed by atoms with Gasteiger partial charge >= 0.3 is 5.97 Å². The predicted molar refractivity (Wildman–Crippen MR) is 106 cm³/mol. The molecule has 1 N–H and O–H groups in total. The molecule has 2 aromatic carbocycles. The lowest BCUT2D eigenvalue weighted by Crippen LogP contribution is -2.39. The first kappa shape index (κ1) is 19.1. The summed E-state index contributed by atoms with van der Waals surface area (Å²) in [6.45, 7) is 5.48. The number of nitrogens with zero attached hydrogens (tertiary/aromatic N) is 1. The summed E-state index contributed by atoms with van der Waals surface area (Å²) in [7, 11) is 1.36. The molecule has 2 aromatic rings. The average Bonchev–Trinajstić information content (AvgIpc) is 3.13. The lowest BCUT2D eigenvalue weighted by atomic mass is 10.0. The van der Waals surface area contributed by atoms with E-state index >= 15 is 0 Å². The summed E-state index contributed by atoms with van der Waals surface area (Å²) >= 11 is 0. The largest absolute Gasteiger partial charge is 0.465 e. The maximum Gasteiger partial charge on any atom is 0.338 e. The number of rotatable bonds is 5. The smallest absolute Gasteiger partial charge is 0.338 e. The minimum Gasteiger partial charge on any atom is -0.465 e. The van der Waals surface area contributed by atoms with Crippen LogP contribution >= 0.6 is 0 Å². The van der Waals surface area contributed by atoms with Crippen LogP contribution < -0.4 is 5.32 Å². The van der Waals surface area contributed by atoms with E-state index in [1.54, 1.807) is 6.07 Å². The minimum absolute atomic E-state index is 0.0255. The molecule has 0 spiro atoms. The van der Waals surface area contributed by atoms with Crippen molar-refractivity contribution in [2.75, 3.05) is 19.0 Å². The summed E-state index contributed by atoms with van der Waals surface area (Å²) in [4.78, 5) is 27.1. The van der Waals surface area contributed by atoms with Crippen LogP contribution in [0.2, 0.25) is 0 Å². The number of carbonyl (C=O) groups excluding carboxylic acids is 2. The number of likely N-dealkylation sites (tertiary alicyclic amines) is 1. The van der Waals surface area contributed by atoms with Crippen LogP contribution in [0.25, 0.3) is 0 Å². The SMILES string of the molecule is COC(=O)c1cc(NC(=O)C2CCCN2Cc2ccccc2)cc(C)c1C. The lowest BCUT2D eigenvalue weighted by Gasteiger charge is -2.24. The molecule has 0 bridgehead atoms. The van der Waals surface area contributed by atoms with Crippen molar-refractivity contribution in [3.8, 4) is 0 Å². The quantitative estimate of drug-likeness (QED) is 0.820. The molecule has 1 aliphatic heterocycles. The molecule has 142 valence electrons.